The summed E-state index contributed by atoms with van der Waals surface area (Å²) in [6, 6.07) is 8.05. The predicted octanol–water partition coefficient (Wildman–Crippen LogP) is 5.09. The number of aryl methyl sites for hydroxylation is 1. The number of carbonyl (C=O) groups is 2. The zero-order chi connectivity index (χ0) is 25.0. The number of hydrogen-bond acceptors (Lipinski definition) is 4. The maximum absolute atomic E-state index is 13.5. The van der Waals surface area contributed by atoms with E-state index < -0.39 is 23.6 Å². The first-order valence-corrected chi connectivity index (χ1v) is 11.4. The molecule has 1 aromatic carbocycles. The summed E-state index contributed by atoms with van der Waals surface area (Å²) in [4.78, 5) is 25.6. The molecule has 2 amide bonds. The first-order chi connectivity index (χ1) is 15.9. The molecular weight excluding hydrogens is 437 g/mol. The van der Waals surface area contributed by atoms with Gasteiger partial charge in [-0.2, -0.15) is 4.73 Å². The van der Waals surface area contributed by atoms with Gasteiger partial charge in [0.25, 0.3) is 0 Å². The fraction of sp³-hybridized carbons (Fsp3) is 0.423. The van der Waals surface area contributed by atoms with Crippen LogP contribution in [0.4, 0.5) is 14.9 Å². The second-order valence-electron chi connectivity index (χ2n) is 9.66. The van der Waals surface area contributed by atoms with Crippen LogP contribution in [0, 0.1) is 25.0 Å². The van der Waals surface area contributed by atoms with E-state index in [9.17, 15) is 19.2 Å². The van der Waals surface area contributed by atoms with Crippen molar-refractivity contribution < 1.29 is 23.4 Å². The van der Waals surface area contributed by atoms with Gasteiger partial charge in [-0.05, 0) is 76.1 Å². The van der Waals surface area contributed by atoms with Gasteiger partial charge < -0.3 is 20.6 Å². The number of benzene rings is 1. The molecule has 7 nitrogen and oxygen atoms in total. The molecule has 2 atom stereocenters. The Morgan fingerprint density at radius 2 is 1.85 bits per heavy atom. The van der Waals surface area contributed by atoms with Crippen molar-refractivity contribution in [2.24, 2.45) is 5.92 Å². The Morgan fingerprint density at radius 1 is 1.18 bits per heavy atom. The van der Waals surface area contributed by atoms with Gasteiger partial charge in [0.1, 0.15) is 11.6 Å². The molecule has 2 aromatic rings. The summed E-state index contributed by atoms with van der Waals surface area (Å²) in [6.45, 7) is 8.93. The highest BCUT2D eigenvalue weighted by Gasteiger charge is 2.32. The minimum absolute atomic E-state index is 0.200. The lowest BCUT2D eigenvalue weighted by molar-refractivity contribution is -0.611. The van der Waals surface area contributed by atoms with E-state index in [1.807, 2.05) is 19.1 Å². The van der Waals surface area contributed by atoms with Gasteiger partial charge in [-0.25, -0.2) is 9.18 Å². The smallest absolute Gasteiger partial charge is 0.408 e. The summed E-state index contributed by atoms with van der Waals surface area (Å²) in [5, 5.41) is 17.5. The maximum atomic E-state index is 13.5. The molecule has 0 bridgehead atoms. The van der Waals surface area contributed by atoms with Gasteiger partial charge in [0.05, 0.1) is 11.4 Å². The van der Waals surface area contributed by atoms with E-state index in [1.165, 1.54) is 12.3 Å². The van der Waals surface area contributed by atoms with Crippen LogP contribution in [0.1, 0.15) is 51.3 Å². The van der Waals surface area contributed by atoms with Gasteiger partial charge in [0, 0.05) is 18.7 Å². The van der Waals surface area contributed by atoms with Crippen molar-refractivity contribution in [1.29, 1.82) is 0 Å². The van der Waals surface area contributed by atoms with Crippen LogP contribution in [0.3, 0.4) is 0 Å². The highest BCUT2D eigenvalue weighted by atomic mass is 19.1. The van der Waals surface area contributed by atoms with Crippen LogP contribution in [0.25, 0.3) is 11.1 Å². The molecule has 1 unspecified atom stereocenters. The quantitative estimate of drug-likeness (QED) is 0.471. The average Bonchev–Trinajstić information content (AvgIpc) is 2.75. The number of nitrogens with zero attached hydrogens (tertiary/aromatic N) is 1. The number of allylic oxidation sites excluding steroid dienone is 2. The van der Waals surface area contributed by atoms with Crippen molar-refractivity contribution in [3.05, 3.63) is 64.9 Å². The Hall–Kier alpha value is -3.42. The summed E-state index contributed by atoms with van der Waals surface area (Å²) in [6.07, 6.45) is 3.27. The molecule has 0 fully saturated rings. The molecule has 0 aliphatic heterocycles. The number of carbonyl (C=O) groups excluding carboxylic acids is 2. The molecule has 1 aliphatic rings. The Labute approximate surface area is 199 Å². The second-order valence-corrected chi connectivity index (χ2v) is 9.66. The highest BCUT2D eigenvalue weighted by molar-refractivity contribution is 5.97. The van der Waals surface area contributed by atoms with Crippen molar-refractivity contribution in [1.82, 2.24) is 5.32 Å². The van der Waals surface area contributed by atoms with Crippen LogP contribution in [0.5, 0.6) is 0 Å². The van der Waals surface area contributed by atoms with E-state index in [0.29, 0.717) is 24.2 Å². The predicted molar refractivity (Wildman–Crippen MR) is 129 cm³/mol. The first kappa shape index (κ1) is 25.2. The first-order valence-electron chi connectivity index (χ1n) is 11.4. The van der Waals surface area contributed by atoms with Crippen molar-refractivity contribution in [3.8, 4) is 11.1 Å². The molecule has 0 radical (unpaired) electrons. The fourth-order valence-corrected chi connectivity index (χ4v) is 4.10. The molecular formula is C26H32FN3O4. The summed E-state index contributed by atoms with van der Waals surface area (Å²) >= 11 is 0. The summed E-state index contributed by atoms with van der Waals surface area (Å²) in [5.41, 5.74) is 3.10. The zero-order valence-electron chi connectivity index (χ0n) is 20.3. The van der Waals surface area contributed by atoms with Crippen LogP contribution in [-0.4, -0.2) is 23.6 Å². The van der Waals surface area contributed by atoms with Crippen molar-refractivity contribution in [3.63, 3.8) is 0 Å². The van der Waals surface area contributed by atoms with Crippen LogP contribution < -0.4 is 15.4 Å². The number of aromatic nitrogens is 1. The zero-order valence-corrected chi connectivity index (χ0v) is 20.3. The Balaban J connectivity index is 1.78. The van der Waals surface area contributed by atoms with Crippen LogP contribution in [0.2, 0.25) is 0 Å². The lowest BCUT2D eigenvalue weighted by atomic mass is 9.86. The SMILES string of the molecule is Cc1cc[n+]([O-])c(C)c1-c1ccc(NC(=O)[C@@H](NC(=O)OC(C)(C)C)C2CC=C(F)CC2)cc1. The molecule has 0 saturated heterocycles. The normalized spacial score (nSPS) is 16.9. The molecule has 0 spiro atoms. The summed E-state index contributed by atoms with van der Waals surface area (Å²) in [5.74, 6) is -0.855. The number of alkyl carbamates (subject to hydrolysis) is 1. The Bertz CT molecular complexity index is 1090. The third kappa shape index (κ3) is 6.34. The van der Waals surface area contributed by atoms with Crippen molar-refractivity contribution in [2.45, 2.75) is 65.5 Å². The second kappa shape index (κ2) is 10.2. The number of nitrogens with one attached hydrogen (secondary N) is 2. The number of ether oxygens (including phenoxy) is 1. The minimum atomic E-state index is -0.878. The molecule has 182 valence electrons. The standard InChI is InChI=1S/C26H32FN3O4/c1-16-14-15-30(33)17(2)22(16)18-8-12-21(13-9-18)28-24(31)23(19-6-10-20(27)11-7-19)29-25(32)34-26(3,4)5/h8-10,12-15,19,23H,6-7,11H2,1-5H3,(H,28,31)(H,29,32)/t19?,23-/m0/s1. The third-order valence-corrected chi connectivity index (χ3v) is 5.81. The molecule has 1 heterocycles. The highest BCUT2D eigenvalue weighted by Crippen LogP contribution is 2.29. The van der Waals surface area contributed by atoms with Gasteiger partial charge in [0.2, 0.25) is 5.91 Å². The lowest BCUT2D eigenvalue weighted by Gasteiger charge is -2.29. The number of halogens is 1. The Kier molecular flexibility index (Phi) is 7.59. The number of anilines is 1. The van der Waals surface area contributed by atoms with Crippen LogP contribution in [0.15, 0.2) is 48.4 Å². The van der Waals surface area contributed by atoms with E-state index >= 15 is 0 Å². The molecule has 8 heteroatoms. The number of amides is 2. The molecule has 1 aliphatic carbocycles. The third-order valence-electron chi connectivity index (χ3n) is 5.81. The van der Waals surface area contributed by atoms with Gasteiger partial charge in [-0.15, -0.1) is 0 Å². The molecule has 1 aromatic heterocycles. The molecule has 34 heavy (non-hydrogen) atoms. The van der Waals surface area contributed by atoms with Crippen LogP contribution in [-0.2, 0) is 9.53 Å². The maximum Gasteiger partial charge on any atom is 0.408 e. The Morgan fingerprint density at radius 3 is 2.44 bits per heavy atom. The largest absolute Gasteiger partial charge is 0.618 e. The summed E-state index contributed by atoms with van der Waals surface area (Å²) < 4.78 is 19.7. The van der Waals surface area contributed by atoms with Gasteiger partial charge in [-0.3, -0.25) is 4.79 Å². The van der Waals surface area contributed by atoms with E-state index in [2.05, 4.69) is 10.6 Å². The van der Waals surface area contributed by atoms with Gasteiger partial charge >= 0.3 is 6.09 Å². The van der Waals surface area contributed by atoms with Crippen LogP contribution >= 0.6 is 0 Å². The fourth-order valence-electron chi connectivity index (χ4n) is 4.10. The topological polar surface area (TPSA) is 94.4 Å². The van der Waals surface area contributed by atoms with Crippen molar-refractivity contribution >= 4 is 17.7 Å². The monoisotopic (exact) mass is 469 g/mol. The van der Waals surface area contributed by atoms with E-state index in [1.54, 1.807) is 45.9 Å². The van der Waals surface area contributed by atoms with E-state index in [4.69, 9.17) is 4.74 Å². The minimum Gasteiger partial charge on any atom is -0.618 e. The average molecular weight is 470 g/mol. The van der Waals surface area contributed by atoms with Gasteiger partial charge in [0.15, 0.2) is 11.9 Å². The van der Waals surface area contributed by atoms with Crippen molar-refractivity contribution in [2.75, 3.05) is 5.32 Å². The number of rotatable bonds is 5. The van der Waals surface area contributed by atoms with E-state index in [-0.39, 0.29) is 18.2 Å². The van der Waals surface area contributed by atoms with E-state index in [0.717, 1.165) is 21.4 Å². The lowest BCUT2D eigenvalue weighted by Crippen LogP contribution is -2.50. The molecule has 2 N–H and O–H groups in total. The van der Waals surface area contributed by atoms with Gasteiger partial charge in [-0.1, -0.05) is 18.2 Å². The molecule has 3 rings (SSSR count). The number of hydrogen-bond donors (Lipinski definition) is 2. The molecule has 0 saturated carbocycles. The number of pyridine rings is 1. The summed E-state index contributed by atoms with van der Waals surface area (Å²) in [7, 11) is 0.